The number of amides is 1. The van der Waals surface area contributed by atoms with Crippen LogP contribution in [-0.2, 0) is 33.3 Å². The molecule has 6 aromatic rings. The van der Waals surface area contributed by atoms with Gasteiger partial charge in [-0.3, -0.25) is 18.9 Å². The SMILES string of the molecule is CCCC[n+]1cccc(NC([O-])=C2C=CC(=NC(=O)c3ccc(C([O-])=Nc4ccc5c(ccc[n+]5CCCC)c4)cc3)C=C2)c1.Cc1ccc(S(=O)(=O)O)cc1.Cc1ccc(S(=O)(=O)O)cc1. The van der Waals surface area contributed by atoms with Gasteiger partial charge >= 0.3 is 0 Å². The molecule has 1 amide bonds. The van der Waals surface area contributed by atoms with E-state index in [1.807, 2.05) is 68.7 Å². The molecule has 0 saturated heterocycles. The number of aryl methyl sites for hydroxylation is 4. The van der Waals surface area contributed by atoms with Crippen molar-refractivity contribution in [2.75, 3.05) is 5.32 Å². The van der Waals surface area contributed by atoms with Crippen molar-refractivity contribution in [2.45, 2.75) is 76.3 Å². The fourth-order valence-corrected chi connectivity index (χ4v) is 7.33. The minimum Gasteiger partial charge on any atom is -0.860 e. The van der Waals surface area contributed by atoms with Gasteiger partial charge in [-0.25, -0.2) is 9.56 Å². The lowest BCUT2D eigenvalue weighted by Gasteiger charge is -2.18. The van der Waals surface area contributed by atoms with E-state index in [-0.39, 0.29) is 21.6 Å². The van der Waals surface area contributed by atoms with Crippen molar-refractivity contribution >= 4 is 60.0 Å². The molecule has 0 fully saturated rings. The van der Waals surface area contributed by atoms with E-state index in [2.05, 4.69) is 44.5 Å². The van der Waals surface area contributed by atoms with Crippen molar-refractivity contribution in [3.8, 4) is 0 Å². The summed E-state index contributed by atoms with van der Waals surface area (Å²) >= 11 is 0. The Hall–Kier alpha value is -7.11. The highest BCUT2D eigenvalue weighted by Crippen LogP contribution is 2.21. The zero-order chi connectivity index (χ0) is 48.6. The molecule has 3 N–H and O–H groups in total. The van der Waals surface area contributed by atoms with Gasteiger partial charge < -0.3 is 15.5 Å². The Labute approximate surface area is 391 Å². The Morgan fingerprint density at radius 3 is 1.79 bits per heavy atom. The van der Waals surface area contributed by atoms with Crippen molar-refractivity contribution < 1.29 is 50.1 Å². The molecule has 0 radical (unpaired) electrons. The number of carbonyl (C=O) groups excluding carboxylic acids is 1. The third-order valence-electron chi connectivity index (χ3n) is 10.1. The summed E-state index contributed by atoms with van der Waals surface area (Å²) in [6, 6.07) is 31.8. The van der Waals surface area contributed by atoms with Gasteiger partial charge in [0.15, 0.2) is 18.6 Å². The molecule has 0 spiro atoms. The highest BCUT2D eigenvalue weighted by atomic mass is 32.2. The van der Waals surface area contributed by atoms with E-state index in [1.165, 1.54) is 24.3 Å². The maximum atomic E-state index is 12.9. The molecule has 0 aliphatic heterocycles. The lowest BCUT2D eigenvalue weighted by atomic mass is 10.1. The molecule has 0 bridgehead atoms. The molecule has 0 atom stereocenters. The highest BCUT2D eigenvalue weighted by Gasteiger charge is 2.11. The molecule has 4 aromatic carbocycles. The van der Waals surface area contributed by atoms with Gasteiger partial charge in [0, 0.05) is 42.0 Å². The van der Waals surface area contributed by atoms with Crippen LogP contribution in [0.4, 0.5) is 11.4 Å². The number of nitrogens with zero attached hydrogens (tertiary/aromatic N) is 4. The van der Waals surface area contributed by atoms with E-state index in [4.69, 9.17) is 9.11 Å². The van der Waals surface area contributed by atoms with Crippen molar-refractivity contribution in [2.24, 2.45) is 9.98 Å². The monoisotopic (exact) mass is 943 g/mol. The average molecular weight is 944 g/mol. The first-order chi connectivity index (χ1) is 31.9. The van der Waals surface area contributed by atoms with Crippen molar-refractivity contribution in [3.63, 3.8) is 0 Å². The number of aliphatic imine (C=N–C) groups is 2. The summed E-state index contributed by atoms with van der Waals surface area (Å²) in [4.78, 5) is 21.1. The first kappa shape index (κ1) is 50.9. The van der Waals surface area contributed by atoms with E-state index < -0.39 is 26.1 Å². The van der Waals surface area contributed by atoms with Gasteiger partial charge in [0.05, 0.1) is 21.2 Å². The van der Waals surface area contributed by atoms with Gasteiger partial charge in [-0.05, 0) is 110 Å². The smallest absolute Gasteiger partial charge is 0.294 e. The molecule has 67 heavy (non-hydrogen) atoms. The number of aromatic nitrogens is 2. The number of pyridine rings is 2. The number of benzene rings is 4. The van der Waals surface area contributed by atoms with Crippen LogP contribution in [0.1, 0.15) is 66.6 Å². The number of fused-ring (bicyclic) bond motifs is 1. The third-order valence-corrected chi connectivity index (χ3v) is 11.8. The molecule has 7 rings (SSSR count). The van der Waals surface area contributed by atoms with Crippen LogP contribution in [0.15, 0.2) is 189 Å². The topological polar surface area (TPSA) is 216 Å². The van der Waals surface area contributed by atoms with Crippen molar-refractivity contribution in [3.05, 3.63) is 192 Å². The standard InChI is InChI=1S/C37H37N5O3.2C7H8O3S/c1-3-5-21-41-22-8-10-33(26-41)40-37(45)29-15-17-31(18-16-29)38-35(43)27-11-13-28(14-12-27)36(44)39-32-19-20-34-30(25-32)9-7-24-42(34)23-6-4-2;2*1-6-2-4-7(5-3-6)11(8,9)10/h7-20,22,24-26H,3-6,21,23H2,1-2H3,(H-2,38,39,40,43,44,45);2*2-5H,1H3,(H,8,9,10). The predicted octanol–water partition coefficient (Wildman–Crippen LogP) is 7.33. The summed E-state index contributed by atoms with van der Waals surface area (Å²) in [6.45, 7) is 9.83. The molecule has 16 heteroatoms. The minimum absolute atomic E-state index is 0.0666. The second-order valence-corrected chi connectivity index (χ2v) is 18.3. The van der Waals surface area contributed by atoms with E-state index in [0.29, 0.717) is 33.8 Å². The summed E-state index contributed by atoms with van der Waals surface area (Å²) in [5, 5.41) is 29.6. The number of nitrogens with one attached hydrogen (secondary N) is 1. The van der Waals surface area contributed by atoms with Gasteiger partial charge in [0.2, 0.25) is 5.52 Å². The Morgan fingerprint density at radius 1 is 0.672 bits per heavy atom. The number of hydrogen-bond donors (Lipinski definition) is 3. The third kappa shape index (κ3) is 15.8. The molecule has 0 saturated carbocycles. The summed E-state index contributed by atoms with van der Waals surface area (Å²) in [5.41, 5.74) is 5.91. The van der Waals surface area contributed by atoms with Crippen LogP contribution in [0.2, 0.25) is 0 Å². The molecule has 14 nitrogen and oxygen atoms in total. The first-order valence-corrected chi connectivity index (χ1v) is 24.3. The van der Waals surface area contributed by atoms with Crippen molar-refractivity contribution in [1.29, 1.82) is 0 Å². The normalized spacial score (nSPS) is 12.4. The summed E-state index contributed by atoms with van der Waals surface area (Å²) < 4.78 is 63.4. The van der Waals surface area contributed by atoms with E-state index >= 15 is 0 Å². The van der Waals surface area contributed by atoms with Crippen LogP contribution < -0.4 is 24.7 Å². The number of anilines is 1. The van der Waals surface area contributed by atoms with E-state index in [1.54, 1.807) is 72.8 Å². The molecule has 2 heterocycles. The van der Waals surface area contributed by atoms with Gasteiger partial charge in [-0.2, -0.15) is 21.4 Å². The molecular formula is C51H53N5O9S2. The Bertz CT molecular complexity index is 2960. The fourth-order valence-electron chi connectivity index (χ4n) is 6.37. The van der Waals surface area contributed by atoms with Crippen LogP contribution in [-0.4, -0.2) is 43.5 Å². The highest BCUT2D eigenvalue weighted by molar-refractivity contribution is 7.86. The fraction of sp³-hybridized carbons (Fsp3) is 0.196. The van der Waals surface area contributed by atoms with Crippen molar-refractivity contribution in [1.82, 2.24) is 0 Å². The van der Waals surface area contributed by atoms with E-state index in [9.17, 15) is 31.8 Å². The Kier molecular flexibility index (Phi) is 18.1. The Balaban J connectivity index is 0.000000310. The average Bonchev–Trinajstić information content (AvgIpc) is 3.30. The maximum absolute atomic E-state index is 12.9. The van der Waals surface area contributed by atoms with E-state index in [0.717, 1.165) is 60.8 Å². The summed E-state index contributed by atoms with van der Waals surface area (Å²) in [6.07, 6.45) is 16.9. The number of allylic oxidation sites excluding steroid dienone is 5. The molecule has 0 unspecified atom stereocenters. The van der Waals surface area contributed by atoms with Crippen LogP contribution >= 0.6 is 0 Å². The van der Waals surface area contributed by atoms with Gasteiger partial charge in [0.1, 0.15) is 18.8 Å². The Morgan fingerprint density at radius 2 is 1.22 bits per heavy atom. The van der Waals surface area contributed by atoms with Gasteiger partial charge in [-0.1, -0.05) is 86.4 Å². The minimum atomic E-state index is -4.02. The molecule has 348 valence electrons. The van der Waals surface area contributed by atoms with Gasteiger partial charge in [0.25, 0.3) is 26.1 Å². The number of hydrogen-bond acceptors (Lipinski definition) is 9. The van der Waals surface area contributed by atoms with Crippen LogP contribution in [0.3, 0.4) is 0 Å². The summed E-state index contributed by atoms with van der Waals surface area (Å²) in [5.74, 6) is -1.08. The second-order valence-electron chi connectivity index (χ2n) is 15.5. The molecule has 1 aliphatic carbocycles. The van der Waals surface area contributed by atoms with Crippen LogP contribution in [0, 0.1) is 13.8 Å². The first-order valence-electron chi connectivity index (χ1n) is 21.5. The largest absolute Gasteiger partial charge is 0.860 e. The molecular weight excluding hydrogens is 891 g/mol. The summed E-state index contributed by atoms with van der Waals surface area (Å²) in [7, 11) is -8.04. The quantitative estimate of drug-likeness (QED) is 0.0344. The van der Waals surface area contributed by atoms with Gasteiger partial charge in [-0.15, -0.1) is 0 Å². The molecule has 2 aromatic heterocycles. The predicted molar refractivity (Wildman–Crippen MR) is 256 cm³/mol. The number of carbonyl (C=O) groups is 1. The number of rotatable bonds is 13. The van der Waals surface area contributed by atoms with Crippen LogP contribution in [0.25, 0.3) is 10.9 Å². The maximum Gasteiger partial charge on any atom is 0.294 e. The lowest BCUT2D eigenvalue weighted by Crippen LogP contribution is -2.33. The molecule has 1 aliphatic rings. The lowest BCUT2D eigenvalue weighted by molar-refractivity contribution is -0.696. The van der Waals surface area contributed by atoms with Crippen LogP contribution in [0.5, 0.6) is 0 Å². The zero-order valence-electron chi connectivity index (χ0n) is 37.6. The zero-order valence-corrected chi connectivity index (χ0v) is 39.2. The number of unbranched alkanes of at least 4 members (excludes halogenated alkanes) is 2. The second kappa shape index (κ2) is 23.9.